The molecule has 1 aliphatic carbocycles. The van der Waals surface area contributed by atoms with Gasteiger partial charge in [0, 0.05) is 5.69 Å². The van der Waals surface area contributed by atoms with Crippen molar-refractivity contribution in [2.45, 2.75) is 26.2 Å². The third kappa shape index (κ3) is 2.67. The van der Waals surface area contributed by atoms with Gasteiger partial charge in [0.2, 0.25) is 0 Å². The summed E-state index contributed by atoms with van der Waals surface area (Å²) >= 11 is 0. The van der Waals surface area contributed by atoms with Crippen LogP contribution >= 0.6 is 0 Å². The number of hydrogen-bond donors (Lipinski definition) is 1. The van der Waals surface area contributed by atoms with Gasteiger partial charge in [-0.25, -0.2) is 4.79 Å². The highest BCUT2D eigenvalue weighted by atomic mass is 16.5. The van der Waals surface area contributed by atoms with Crippen LogP contribution in [0.5, 0.6) is 0 Å². The van der Waals surface area contributed by atoms with E-state index in [1.165, 1.54) is 12.0 Å². The third-order valence-corrected chi connectivity index (χ3v) is 2.88. The number of nitrogens with two attached hydrogens (primary N) is 1. The summed E-state index contributed by atoms with van der Waals surface area (Å²) in [6.07, 6.45) is 5.56. The van der Waals surface area contributed by atoms with E-state index in [1.807, 2.05) is 12.1 Å². The molecule has 0 bridgehead atoms. The predicted octanol–water partition coefficient (Wildman–Crippen LogP) is 3.01. The third-order valence-electron chi connectivity index (χ3n) is 2.88. The van der Waals surface area contributed by atoms with Gasteiger partial charge in [0.05, 0.1) is 12.2 Å². The average molecular weight is 231 g/mol. The van der Waals surface area contributed by atoms with Crippen LogP contribution in [0.4, 0.5) is 5.69 Å². The van der Waals surface area contributed by atoms with Crippen molar-refractivity contribution in [1.29, 1.82) is 0 Å². The van der Waals surface area contributed by atoms with E-state index in [-0.39, 0.29) is 5.97 Å². The number of rotatable bonds is 3. The number of esters is 1. The van der Waals surface area contributed by atoms with Crippen LogP contribution in [0.1, 0.15) is 42.1 Å². The minimum Gasteiger partial charge on any atom is -0.462 e. The Morgan fingerprint density at radius 3 is 2.88 bits per heavy atom. The first kappa shape index (κ1) is 11.7. The number of nitrogen functional groups attached to an aromatic ring is 1. The molecule has 0 radical (unpaired) electrons. The van der Waals surface area contributed by atoms with Crippen molar-refractivity contribution in [3.63, 3.8) is 0 Å². The van der Waals surface area contributed by atoms with Crippen LogP contribution in [0.15, 0.2) is 24.3 Å². The van der Waals surface area contributed by atoms with Crippen molar-refractivity contribution in [3.8, 4) is 0 Å². The number of benzene rings is 1. The molecule has 0 fully saturated rings. The van der Waals surface area contributed by atoms with Gasteiger partial charge in [-0.2, -0.15) is 0 Å². The Balaban J connectivity index is 2.32. The second-order valence-electron chi connectivity index (χ2n) is 4.19. The summed E-state index contributed by atoms with van der Waals surface area (Å²) in [5, 5.41) is 0. The van der Waals surface area contributed by atoms with E-state index in [2.05, 4.69) is 6.08 Å². The quantitative estimate of drug-likeness (QED) is 0.642. The molecule has 0 unspecified atom stereocenters. The van der Waals surface area contributed by atoms with Crippen LogP contribution in [-0.2, 0) is 4.74 Å². The van der Waals surface area contributed by atoms with Gasteiger partial charge in [-0.3, -0.25) is 0 Å². The Morgan fingerprint density at radius 1 is 1.41 bits per heavy atom. The Morgan fingerprint density at radius 2 is 2.24 bits per heavy atom. The van der Waals surface area contributed by atoms with Crippen molar-refractivity contribution < 1.29 is 9.53 Å². The zero-order chi connectivity index (χ0) is 12.3. The van der Waals surface area contributed by atoms with E-state index in [4.69, 9.17) is 10.5 Å². The van der Waals surface area contributed by atoms with Crippen molar-refractivity contribution >= 4 is 17.2 Å². The number of anilines is 1. The van der Waals surface area contributed by atoms with Gasteiger partial charge in [0.25, 0.3) is 0 Å². The maximum Gasteiger partial charge on any atom is 0.338 e. The van der Waals surface area contributed by atoms with Gasteiger partial charge >= 0.3 is 5.97 Å². The lowest BCUT2D eigenvalue weighted by Gasteiger charge is -2.08. The van der Waals surface area contributed by atoms with Crippen LogP contribution in [0.25, 0.3) is 5.57 Å². The van der Waals surface area contributed by atoms with Crippen LogP contribution in [0.3, 0.4) is 0 Å². The fraction of sp³-hybridized carbons (Fsp3) is 0.357. The van der Waals surface area contributed by atoms with Gasteiger partial charge in [-0.05, 0) is 55.5 Å². The lowest BCUT2D eigenvalue weighted by atomic mass is 10.0. The molecule has 0 saturated heterocycles. The maximum absolute atomic E-state index is 11.7. The molecular formula is C14H17NO2. The zero-order valence-electron chi connectivity index (χ0n) is 10.0. The van der Waals surface area contributed by atoms with Gasteiger partial charge in [0.15, 0.2) is 0 Å². The monoisotopic (exact) mass is 231 g/mol. The molecule has 1 aliphatic rings. The number of carbonyl (C=O) groups is 1. The first-order valence-corrected chi connectivity index (χ1v) is 5.98. The standard InChI is InChI=1S/C14H17NO2/c1-2-17-14(16)12-7-11(8-13(15)9-12)10-5-3-4-6-10/h5,7-9H,2-4,6,15H2,1H3. The summed E-state index contributed by atoms with van der Waals surface area (Å²) in [6, 6.07) is 5.45. The van der Waals surface area contributed by atoms with Crippen LogP contribution in [-0.4, -0.2) is 12.6 Å². The second-order valence-corrected chi connectivity index (χ2v) is 4.19. The zero-order valence-corrected chi connectivity index (χ0v) is 10.0. The molecule has 0 saturated carbocycles. The number of ether oxygens (including phenoxy) is 1. The minimum absolute atomic E-state index is 0.306. The fourth-order valence-corrected chi connectivity index (χ4v) is 2.10. The molecule has 17 heavy (non-hydrogen) atoms. The molecule has 0 heterocycles. The lowest BCUT2D eigenvalue weighted by molar-refractivity contribution is 0.0526. The summed E-state index contributed by atoms with van der Waals surface area (Å²) < 4.78 is 4.99. The highest BCUT2D eigenvalue weighted by Gasteiger charge is 2.12. The highest BCUT2D eigenvalue weighted by molar-refractivity contribution is 5.92. The van der Waals surface area contributed by atoms with Gasteiger partial charge < -0.3 is 10.5 Å². The Bertz CT molecular complexity index is 463. The normalized spacial score (nSPS) is 14.5. The molecule has 2 rings (SSSR count). The van der Waals surface area contributed by atoms with Crippen LogP contribution in [0.2, 0.25) is 0 Å². The van der Waals surface area contributed by atoms with E-state index in [0.29, 0.717) is 17.9 Å². The largest absolute Gasteiger partial charge is 0.462 e. The molecule has 0 aromatic heterocycles. The highest BCUT2D eigenvalue weighted by Crippen LogP contribution is 2.29. The number of carbonyl (C=O) groups excluding carboxylic acids is 1. The molecule has 2 N–H and O–H groups in total. The molecule has 90 valence electrons. The lowest BCUT2D eigenvalue weighted by Crippen LogP contribution is -2.06. The Hall–Kier alpha value is -1.77. The fourth-order valence-electron chi connectivity index (χ4n) is 2.10. The summed E-state index contributed by atoms with van der Waals surface area (Å²) in [4.78, 5) is 11.7. The van der Waals surface area contributed by atoms with Crippen molar-refractivity contribution in [2.24, 2.45) is 0 Å². The van der Waals surface area contributed by atoms with Crippen molar-refractivity contribution in [1.82, 2.24) is 0 Å². The first-order valence-electron chi connectivity index (χ1n) is 5.98. The molecule has 1 aromatic carbocycles. The van der Waals surface area contributed by atoms with Crippen LogP contribution < -0.4 is 5.73 Å². The first-order chi connectivity index (χ1) is 8.20. The van der Waals surface area contributed by atoms with E-state index in [1.54, 1.807) is 13.0 Å². The summed E-state index contributed by atoms with van der Waals surface area (Å²) in [7, 11) is 0. The predicted molar refractivity (Wildman–Crippen MR) is 68.6 cm³/mol. The smallest absolute Gasteiger partial charge is 0.338 e. The van der Waals surface area contributed by atoms with E-state index in [9.17, 15) is 4.79 Å². The van der Waals surface area contributed by atoms with E-state index in [0.717, 1.165) is 18.4 Å². The van der Waals surface area contributed by atoms with Gasteiger partial charge in [-0.15, -0.1) is 0 Å². The summed E-state index contributed by atoms with van der Waals surface area (Å²) in [6.45, 7) is 2.18. The van der Waals surface area contributed by atoms with E-state index >= 15 is 0 Å². The Labute approximate surface area is 101 Å². The summed E-state index contributed by atoms with van der Waals surface area (Å²) in [5.74, 6) is -0.306. The van der Waals surface area contributed by atoms with Crippen molar-refractivity contribution in [2.75, 3.05) is 12.3 Å². The number of allylic oxidation sites excluding steroid dienone is 2. The molecule has 0 amide bonds. The number of hydrogen-bond acceptors (Lipinski definition) is 3. The average Bonchev–Trinajstić information content (AvgIpc) is 2.82. The van der Waals surface area contributed by atoms with Gasteiger partial charge in [0.1, 0.15) is 0 Å². The Kier molecular flexibility index (Phi) is 3.47. The molecule has 3 nitrogen and oxygen atoms in total. The van der Waals surface area contributed by atoms with E-state index < -0.39 is 0 Å². The topological polar surface area (TPSA) is 52.3 Å². The minimum atomic E-state index is -0.306. The molecule has 0 aliphatic heterocycles. The van der Waals surface area contributed by atoms with Crippen molar-refractivity contribution in [3.05, 3.63) is 35.4 Å². The molecule has 3 heteroatoms. The summed E-state index contributed by atoms with van der Waals surface area (Å²) in [5.41, 5.74) is 9.30. The molecule has 1 aromatic rings. The van der Waals surface area contributed by atoms with Gasteiger partial charge in [-0.1, -0.05) is 6.08 Å². The molecular weight excluding hydrogens is 214 g/mol. The molecule has 0 atom stereocenters. The van der Waals surface area contributed by atoms with Crippen LogP contribution in [0, 0.1) is 0 Å². The SMILES string of the molecule is CCOC(=O)c1cc(N)cc(C2=CCCC2)c1. The maximum atomic E-state index is 11.7. The molecule has 0 spiro atoms. The second kappa shape index (κ2) is 5.04.